The van der Waals surface area contributed by atoms with Gasteiger partial charge in [0.15, 0.2) is 0 Å². The van der Waals surface area contributed by atoms with E-state index in [0.717, 1.165) is 6.42 Å². The normalized spacial score (nSPS) is 16.0. The number of sulfone groups is 1. The molecule has 0 bridgehead atoms. The molecule has 1 saturated heterocycles. The molecule has 26 heavy (non-hydrogen) atoms. The van der Waals surface area contributed by atoms with E-state index in [2.05, 4.69) is 10.2 Å². The number of likely N-dealkylation sites (tertiary alicyclic amines) is 1. The smallest absolute Gasteiger partial charge is 0.335 e. The van der Waals surface area contributed by atoms with Gasteiger partial charge in [0.1, 0.15) is 0 Å². The summed E-state index contributed by atoms with van der Waals surface area (Å²) in [7, 11) is -3.67. The number of aromatic nitrogens is 2. The van der Waals surface area contributed by atoms with Crippen LogP contribution in [0.15, 0.2) is 40.0 Å². The molecule has 1 fully saturated rings. The highest BCUT2D eigenvalue weighted by molar-refractivity contribution is 7.90. The lowest BCUT2D eigenvalue weighted by atomic mass is 9.96. The van der Waals surface area contributed by atoms with Crippen LogP contribution in [0.1, 0.15) is 50.0 Å². The summed E-state index contributed by atoms with van der Waals surface area (Å²) in [6, 6.07) is 8.91. The highest BCUT2D eigenvalue weighted by atomic mass is 32.2. The van der Waals surface area contributed by atoms with Crippen molar-refractivity contribution in [2.24, 2.45) is 0 Å². The third-order valence-electron chi connectivity index (χ3n) is 4.55. The van der Waals surface area contributed by atoms with E-state index in [-0.39, 0.29) is 22.8 Å². The van der Waals surface area contributed by atoms with Crippen molar-refractivity contribution in [1.82, 2.24) is 15.1 Å². The molecule has 0 saturated carbocycles. The van der Waals surface area contributed by atoms with Crippen molar-refractivity contribution in [2.45, 2.75) is 49.5 Å². The minimum absolute atomic E-state index is 0.00569. The second kappa shape index (κ2) is 7.99. The molecule has 140 valence electrons. The van der Waals surface area contributed by atoms with Crippen LogP contribution < -0.4 is 0 Å². The molecule has 7 nitrogen and oxygen atoms in total. The van der Waals surface area contributed by atoms with Gasteiger partial charge in [0.25, 0.3) is 0 Å². The van der Waals surface area contributed by atoms with E-state index in [1.54, 1.807) is 24.3 Å². The molecule has 8 heteroatoms. The van der Waals surface area contributed by atoms with Crippen molar-refractivity contribution in [1.29, 1.82) is 0 Å². The molecule has 0 spiro atoms. The Bertz CT molecular complexity index is 840. The van der Waals surface area contributed by atoms with E-state index >= 15 is 0 Å². The number of nitrogens with zero attached hydrogens (tertiary/aromatic N) is 3. The predicted octanol–water partition coefficient (Wildman–Crippen LogP) is 2.55. The molecule has 1 aliphatic heterocycles. The predicted molar refractivity (Wildman–Crippen MR) is 95.1 cm³/mol. The van der Waals surface area contributed by atoms with Gasteiger partial charge in [-0.3, -0.25) is 4.79 Å². The summed E-state index contributed by atoms with van der Waals surface area (Å²) >= 11 is 0. The van der Waals surface area contributed by atoms with Crippen LogP contribution in [0.5, 0.6) is 0 Å². The number of amides is 1. The molecule has 2 heterocycles. The van der Waals surface area contributed by atoms with Crippen LogP contribution in [0.2, 0.25) is 0 Å². The van der Waals surface area contributed by atoms with Crippen molar-refractivity contribution in [2.75, 3.05) is 13.1 Å². The zero-order valence-corrected chi connectivity index (χ0v) is 15.6. The fourth-order valence-corrected chi connectivity index (χ4v) is 4.25. The largest absolute Gasteiger partial charge is 0.412 e. The highest BCUT2D eigenvalue weighted by Crippen LogP contribution is 2.28. The van der Waals surface area contributed by atoms with Crippen LogP contribution in [-0.2, 0) is 20.4 Å². The summed E-state index contributed by atoms with van der Waals surface area (Å²) in [4.78, 5) is 13.8. The van der Waals surface area contributed by atoms with E-state index in [1.807, 2.05) is 17.9 Å². The first-order chi connectivity index (χ1) is 12.5. The minimum Gasteiger partial charge on any atom is -0.412 e. The molecule has 0 radical (unpaired) electrons. The van der Waals surface area contributed by atoms with Crippen molar-refractivity contribution in [3.8, 4) is 0 Å². The topological polar surface area (TPSA) is 93.4 Å². The van der Waals surface area contributed by atoms with Gasteiger partial charge in [-0.25, -0.2) is 8.42 Å². The quantitative estimate of drug-likeness (QED) is 0.768. The van der Waals surface area contributed by atoms with Crippen molar-refractivity contribution >= 4 is 15.7 Å². The Morgan fingerprint density at radius 2 is 1.88 bits per heavy atom. The van der Waals surface area contributed by atoms with Gasteiger partial charge in [-0.15, -0.1) is 5.10 Å². The molecule has 0 aliphatic carbocycles. The highest BCUT2D eigenvalue weighted by Gasteiger charge is 2.29. The van der Waals surface area contributed by atoms with E-state index in [1.165, 1.54) is 0 Å². The monoisotopic (exact) mass is 377 g/mol. The lowest BCUT2D eigenvalue weighted by molar-refractivity contribution is -0.132. The molecule has 1 amide bonds. The second-order valence-electron chi connectivity index (χ2n) is 6.56. The molecule has 0 N–H and O–H groups in total. The first-order valence-electron chi connectivity index (χ1n) is 8.87. The molecule has 0 atom stereocenters. The fourth-order valence-electron chi connectivity index (χ4n) is 3.11. The molecule has 1 aliphatic rings. The maximum Gasteiger partial charge on any atom is 0.335 e. The summed E-state index contributed by atoms with van der Waals surface area (Å²) in [5.74, 6) is 0.343. The summed E-state index contributed by atoms with van der Waals surface area (Å²) in [5.41, 5.74) is 0.676. The van der Waals surface area contributed by atoms with E-state index < -0.39 is 9.84 Å². The molecule has 2 aromatic rings. The molecule has 0 unspecified atom stereocenters. The van der Waals surface area contributed by atoms with Crippen LogP contribution in [0.25, 0.3) is 0 Å². The average molecular weight is 377 g/mol. The maximum atomic E-state index is 12.5. The number of carbonyl (C=O) groups excluding carboxylic acids is 1. The minimum atomic E-state index is -3.67. The molecule has 3 rings (SSSR count). The summed E-state index contributed by atoms with van der Waals surface area (Å²) in [6.07, 6.45) is 2.81. The molecule has 1 aromatic heterocycles. The van der Waals surface area contributed by atoms with Crippen molar-refractivity contribution < 1.29 is 17.6 Å². The Balaban J connectivity index is 1.64. The molecular formula is C18H23N3O4S. The lowest BCUT2D eigenvalue weighted by Crippen LogP contribution is -2.37. The summed E-state index contributed by atoms with van der Waals surface area (Å²) < 4.78 is 30.4. The van der Waals surface area contributed by atoms with Crippen LogP contribution in [-0.4, -0.2) is 42.5 Å². The average Bonchev–Trinajstić information content (AvgIpc) is 3.14. The van der Waals surface area contributed by atoms with Gasteiger partial charge in [-0.1, -0.05) is 42.4 Å². The zero-order valence-electron chi connectivity index (χ0n) is 14.8. The zero-order chi connectivity index (χ0) is 18.6. The van der Waals surface area contributed by atoms with Crippen LogP contribution in [0, 0.1) is 0 Å². The van der Waals surface area contributed by atoms with Gasteiger partial charge in [0.05, 0.1) is 5.75 Å². The van der Waals surface area contributed by atoms with Crippen LogP contribution >= 0.6 is 0 Å². The number of hydrogen-bond acceptors (Lipinski definition) is 6. The number of piperidine rings is 1. The van der Waals surface area contributed by atoms with Crippen LogP contribution in [0.4, 0.5) is 0 Å². The van der Waals surface area contributed by atoms with E-state index in [9.17, 15) is 13.2 Å². The first kappa shape index (κ1) is 18.6. The Kier molecular flexibility index (Phi) is 5.70. The third-order valence-corrected chi connectivity index (χ3v) is 5.96. The van der Waals surface area contributed by atoms with Crippen LogP contribution in [0.3, 0.4) is 0 Å². The van der Waals surface area contributed by atoms with Gasteiger partial charge in [0.2, 0.25) is 21.6 Å². The third kappa shape index (κ3) is 4.30. The Morgan fingerprint density at radius 1 is 1.19 bits per heavy atom. The molecular weight excluding hydrogens is 354 g/mol. The van der Waals surface area contributed by atoms with Gasteiger partial charge in [-0.2, -0.15) is 0 Å². The number of benzene rings is 1. The van der Waals surface area contributed by atoms with Crippen molar-refractivity contribution in [3.63, 3.8) is 0 Å². The maximum absolute atomic E-state index is 12.5. The van der Waals surface area contributed by atoms with E-state index in [0.29, 0.717) is 43.8 Å². The first-order valence-corrected chi connectivity index (χ1v) is 10.5. The number of hydrogen-bond donors (Lipinski definition) is 0. The summed E-state index contributed by atoms with van der Waals surface area (Å²) in [6.45, 7) is 3.26. The standard InChI is InChI=1S/C18H23N3O4S/c1-2-6-16(22)21-11-9-15(10-12-21)17-19-20-18(25-17)26(23,24)13-14-7-4-3-5-8-14/h3-5,7-8,15H,2,6,9-13H2,1H3. The molecule has 1 aromatic carbocycles. The fraction of sp³-hybridized carbons (Fsp3) is 0.500. The Labute approximate surface area is 153 Å². The Hall–Kier alpha value is -2.22. The Morgan fingerprint density at radius 3 is 2.54 bits per heavy atom. The van der Waals surface area contributed by atoms with Gasteiger partial charge in [0, 0.05) is 25.4 Å². The van der Waals surface area contributed by atoms with Crippen molar-refractivity contribution in [3.05, 3.63) is 41.8 Å². The second-order valence-corrected chi connectivity index (χ2v) is 8.42. The lowest BCUT2D eigenvalue weighted by Gasteiger charge is -2.30. The van der Waals surface area contributed by atoms with Gasteiger partial charge >= 0.3 is 5.22 Å². The number of carbonyl (C=O) groups is 1. The SMILES string of the molecule is CCCC(=O)N1CCC(c2nnc(S(=O)(=O)Cc3ccccc3)o2)CC1. The number of rotatable bonds is 6. The summed E-state index contributed by atoms with van der Waals surface area (Å²) in [5, 5.41) is 7.38. The van der Waals surface area contributed by atoms with Gasteiger partial charge in [-0.05, 0) is 24.8 Å². The van der Waals surface area contributed by atoms with E-state index in [4.69, 9.17) is 4.42 Å². The van der Waals surface area contributed by atoms with Gasteiger partial charge < -0.3 is 9.32 Å².